The van der Waals surface area contributed by atoms with E-state index in [4.69, 9.17) is 5.11 Å². The molecule has 0 unspecified atom stereocenters. The molecule has 1 amide bonds. The lowest BCUT2D eigenvalue weighted by Gasteiger charge is -2.30. The van der Waals surface area contributed by atoms with Crippen molar-refractivity contribution in [2.24, 2.45) is 0 Å². The van der Waals surface area contributed by atoms with Gasteiger partial charge < -0.3 is 10.4 Å². The molecule has 0 bridgehead atoms. The highest BCUT2D eigenvalue weighted by atomic mass is 16.3. The largest absolute Gasteiger partial charge is 0.381 e. The van der Waals surface area contributed by atoms with Crippen molar-refractivity contribution in [2.45, 2.75) is 25.8 Å². The van der Waals surface area contributed by atoms with Gasteiger partial charge in [-0.15, -0.1) is 0 Å². The molecule has 1 rings (SSSR count). The van der Waals surface area contributed by atoms with Gasteiger partial charge in [-0.3, -0.25) is 9.69 Å². The van der Waals surface area contributed by atoms with Crippen molar-refractivity contribution in [1.82, 2.24) is 10.2 Å². The molecule has 0 radical (unpaired) electrons. The Kier molecular flexibility index (Phi) is 3.49. The average Bonchev–Trinajstić information content (AvgIpc) is 2.05. The fourth-order valence-corrected chi connectivity index (χ4v) is 1.51. The third-order valence-corrected chi connectivity index (χ3v) is 2.19. The van der Waals surface area contributed by atoms with E-state index >= 15 is 0 Å². The fraction of sp³-hybridized carbons (Fsp3) is 0.875. The Morgan fingerprint density at radius 3 is 2.58 bits per heavy atom. The number of rotatable bonds is 2. The lowest BCUT2D eigenvalue weighted by Crippen LogP contribution is -2.44. The summed E-state index contributed by atoms with van der Waals surface area (Å²) in [6.45, 7) is 3.42. The second-order valence-corrected chi connectivity index (χ2v) is 3.23. The van der Waals surface area contributed by atoms with E-state index in [-0.39, 0.29) is 12.6 Å². The van der Waals surface area contributed by atoms with Crippen LogP contribution in [0.1, 0.15) is 19.8 Å². The molecule has 4 nitrogen and oxygen atoms in total. The van der Waals surface area contributed by atoms with Crippen LogP contribution in [0.3, 0.4) is 0 Å². The number of carbonyl (C=O) groups excluding carboxylic acids is 1. The van der Waals surface area contributed by atoms with Gasteiger partial charge in [-0.1, -0.05) is 0 Å². The van der Waals surface area contributed by atoms with E-state index in [1.165, 1.54) is 0 Å². The number of amides is 1. The van der Waals surface area contributed by atoms with Gasteiger partial charge in [0.2, 0.25) is 5.91 Å². The molecular weight excluding hydrogens is 156 g/mol. The molecule has 70 valence electrons. The smallest absolute Gasteiger partial charge is 0.217 e. The van der Waals surface area contributed by atoms with Crippen LogP contribution in [0, 0.1) is 0 Å². The van der Waals surface area contributed by atoms with Crippen LogP contribution in [-0.4, -0.2) is 41.8 Å². The summed E-state index contributed by atoms with van der Waals surface area (Å²) in [6, 6.07) is 0.310. The van der Waals surface area contributed by atoms with Crippen LogP contribution < -0.4 is 5.32 Å². The van der Waals surface area contributed by atoms with Crippen LogP contribution in [-0.2, 0) is 4.79 Å². The Bertz CT molecular complexity index is 153. The standard InChI is InChI=1S/C8H16N2O2/c1-7(12)9-8-2-4-10(6-11)5-3-8/h8,11H,2-6H2,1H3,(H,9,12). The number of carbonyl (C=O) groups is 1. The molecule has 0 aromatic carbocycles. The molecule has 1 aliphatic rings. The van der Waals surface area contributed by atoms with E-state index in [1.807, 2.05) is 4.90 Å². The molecule has 0 aromatic heterocycles. The minimum atomic E-state index is 0.0393. The zero-order chi connectivity index (χ0) is 8.97. The summed E-state index contributed by atoms with van der Waals surface area (Å²) >= 11 is 0. The molecule has 1 aliphatic heterocycles. The third kappa shape index (κ3) is 2.79. The van der Waals surface area contributed by atoms with Gasteiger partial charge in [-0.2, -0.15) is 0 Å². The molecule has 0 atom stereocenters. The van der Waals surface area contributed by atoms with Crippen molar-refractivity contribution in [3.8, 4) is 0 Å². The molecule has 1 heterocycles. The van der Waals surface area contributed by atoms with Crippen molar-refractivity contribution in [3.05, 3.63) is 0 Å². The van der Waals surface area contributed by atoms with Crippen molar-refractivity contribution in [2.75, 3.05) is 19.8 Å². The van der Waals surface area contributed by atoms with Crippen molar-refractivity contribution < 1.29 is 9.90 Å². The van der Waals surface area contributed by atoms with Crippen LogP contribution in [0.5, 0.6) is 0 Å². The van der Waals surface area contributed by atoms with Gasteiger partial charge in [0, 0.05) is 26.1 Å². The first-order chi connectivity index (χ1) is 5.72. The molecule has 0 spiro atoms. The predicted molar refractivity (Wildman–Crippen MR) is 45.5 cm³/mol. The zero-order valence-electron chi connectivity index (χ0n) is 7.42. The topological polar surface area (TPSA) is 52.6 Å². The third-order valence-electron chi connectivity index (χ3n) is 2.19. The maximum Gasteiger partial charge on any atom is 0.217 e. The zero-order valence-corrected chi connectivity index (χ0v) is 7.42. The van der Waals surface area contributed by atoms with Crippen LogP contribution in [0.15, 0.2) is 0 Å². The molecule has 0 aliphatic carbocycles. The number of nitrogens with one attached hydrogen (secondary N) is 1. The van der Waals surface area contributed by atoms with Crippen molar-refractivity contribution >= 4 is 5.91 Å². The van der Waals surface area contributed by atoms with E-state index in [1.54, 1.807) is 6.92 Å². The number of aliphatic hydroxyl groups excluding tert-OH is 1. The summed E-state index contributed by atoms with van der Waals surface area (Å²) < 4.78 is 0. The van der Waals surface area contributed by atoms with E-state index in [0.29, 0.717) is 6.04 Å². The Balaban J connectivity index is 2.21. The molecule has 2 N–H and O–H groups in total. The van der Waals surface area contributed by atoms with Gasteiger partial charge in [0.1, 0.15) is 0 Å². The lowest BCUT2D eigenvalue weighted by molar-refractivity contribution is -0.120. The maximum atomic E-state index is 10.7. The first-order valence-electron chi connectivity index (χ1n) is 4.32. The maximum absolute atomic E-state index is 10.7. The quantitative estimate of drug-likeness (QED) is 0.592. The SMILES string of the molecule is CC(=O)NC1CCN(CO)CC1. The number of hydrogen-bond acceptors (Lipinski definition) is 3. The van der Waals surface area contributed by atoms with Crippen LogP contribution >= 0.6 is 0 Å². The minimum absolute atomic E-state index is 0.0393. The second-order valence-electron chi connectivity index (χ2n) is 3.23. The molecule has 4 heteroatoms. The molecule has 1 fully saturated rings. The summed E-state index contributed by atoms with van der Waals surface area (Å²) in [7, 11) is 0. The Labute approximate surface area is 72.6 Å². The van der Waals surface area contributed by atoms with Gasteiger partial charge in [-0.05, 0) is 12.8 Å². The highest BCUT2D eigenvalue weighted by Gasteiger charge is 2.18. The Hall–Kier alpha value is -0.610. The molecule has 12 heavy (non-hydrogen) atoms. The second kappa shape index (κ2) is 4.42. The lowest BCUT2D eigenvalue weighted by atomic mass is 10.1. The average molecular weight is 172 g/mol. The summed E-state index contributed by atoms with van der Waals surface area (Å²) in [5.41, 5.74) is 0. The minimum Gasteiger partial charge on any atom is -0.381 e. The summed E-state index contributed by atoms with van der Waals surface area (Å²) in [5.74, 6) is 0.0393. The summed E-state index contributed by atoms with van der Waals surface area (Å²) in [6.07, 6.45) is 1.89. The highest BCUT2D eigenvalue weighted by molar-refractivity contribution is 5.73. The van der Waals surface area contributed by atoms with Crippen molar-refractivity contribution in [1.29, 1.82) is 0 Å². The molecule has 0 aromatic rings. The van der Waals surface area contributed by atoms with E-state index in [0.717, 1.165) is 25.9 Å². The number of likely N-dealkylation sites (tertiary alicyclic amines) is 1. The summed E-state index contributed by atoms with van der Waals surface area (Å²) in [5, 5.41) is 11.7. The van der Waals surface area contributed by atoms with E-state index in [2.05, 4.69) is 5.32 Å². The monoisotopic (exact) mass is 172 g/mol. The van der Waals surface area contributed by atoms with Crippen molar-refractivity contribution in [3.63, 3.8) is 0 Å². The first kappa shape index (κ1) is 9.48. The van der Waals surface area contributed by atoms with E-state index in [9.17, 15) is 4.79 Å². The Morgan fingerprint density at radius 2 is 2.17 bits per heavy atom. The van der Waals surface area contributed by atoms with E-state index < -0.39 is 0 Å². The van der Waals surface area contributed by atoms with Gasteiger partial charge in [0.05, 0.1) is 6.73 Å². The number of aliphatic hydroxyl groups is 1. The van der Waals surface area contributed by atoms with Crippen LogP contribution in [0.25, 0.3) is 0 Å². The van der Waals surface area contributed by atoms with Gasteiger partial charge in [0.25, 0.3) is 0 Å². The molecular formula is C8H16N2O2. The highest BCUT2D eigenvalue weighted by Crippen LogP contribution is 2.08. The van der Waals surface area contributed by atoms with Gasteiger partial charge >= 0.3 is 0 Å². The summed E-state index contributed by atoms with van der Waals surface area (Å²) in [4.78, 5) is 12.7. The molecule has 1 saturated heterocycles. The normalized spacial score (nSPS) is 20.8. The van der Waals surface area contributed by atoms with Gasteiger partial charge in [-0.25, -0.2) is 0 Å². The number of hydrogen-bond donors (Lipinski definition) is 2. The fourth-order valence-electron chi connectivity index (χ4n) is 1.51. The van der Waals surface area contributed by atoms with Gasteiger partial charge in [0.15, 0.2) is 0 Å². The number of piperidine rings is 1. The van der Waals surface area contributed by atoms with Crippen LogP contribution in [0.2, 0.25) is 0 Å². The van der Waals surface area contributed by atoms with Crippen LogP contribution in [0.4, 0.5) is 0 Å². The molecule has 0 saturated carbocycles. The Morgan fingerprint density at radius 1 is 1.58 bits per heavy atom. The number of nitrogens with zero attached hydrogens (tertiary/aromatic N) is 1. The predicted octanol–water partition coefficient (Wildman–Crippen LogP) is -0.463. The first-order valence-corrected chi connectivity index (χ1v) is 4.32.